The topological polar surface area (TPSA) is 68.3 Å². The van der Waals surface area contributed by atoms with Gasteiger partial charge in [-0.2, -0.15) is 0 Å². The van der Waals surface area contributed by atoms with Crippen molar-refractivity contribution in [2.45, 2.75) is 39.8 Å². The summed E-state index contributed by atoms with van der Waals surface area (Å²) in [6, 6.07) is 1.83. The maximum Gasteiger partial charge on any atom is 0.271 e. The molecule has 0 aromatic carbocycles. The highest BCUT2D eigenvalue weighted by atomic mass is 79.9. The minimum absolute atomic E-state index is 0.0720. The van der Waals surface area contributed by atoms with Crippen LogP contribution in [0.4, 0.5) is 0 Å². The zero-order valence-electron chi connectivity index (χ0n) is 11.7. The van der Waals surface area contributed by atoms with E-state index in [9.17, 15) is 9.59 Å². The van der Waals surface area contributed by atoms with Crippen LogP contribution >= 0.6 is 15.9 Å². The van der Waals surface area contributed by atoms with Crippen molar-refractivity contribution in [3.05, 3.63) is 22.4 Å². The number of hydrogen-bond acceptors (Lipinski definition) is 2. The molecule has 106 valence electrons. The van der Waals surface area contributed by atoms with Crippen molar-refractivity contribution in [3.8, 4) is 0 Å². The lowest BCUT2D eigenvalue weighted by Crippen LogP contribution is -2.43. The molecule has 0 atom stereocenters. The average molecular weight is 330 g/mol. The van der Waals surface area contributed by atoms with Crippen molar-refractivity contribution in [1.29, 1.82) is 0 Å². The number of carbonyl (C=O) groups excluding carboxylic acids is 2. The fourth-order valence-electron chi connectivity index (χ4n) is 1.85. The third-order valence-corrected chi connectivity index (χ3v) is 3.23. The molecule has 5 nitrogen and oxygen atoms in total. The van der Waals surface area contributed by atoms with Gasteiger partial charge in [-0.3, -0.25) is 9.59 Å². The zero-order valence-corrected chi connectivity index (χ0v) is 13.3. The number of nitrogens with zero attached hydrogens (tertiary/aromatic N) is 2. The maximum absolute atomic E-state index is 12.5. The molecule has 0 aliphatic carbocycles. The summed E-state index contributed by atoms with van der Waals surface area (Å²) in [4.78, 5) is 25.1. The summed E-state index contributed by atoms with van der Waals surface area (Å²) in [6.45, 7) is 7.64. The molecule has 1 aromatic heterocycles. The number of nitrogens with two attached hydrogens (primary N) is 1. The Bertz CT molecular complexity index is 480. The fourth-order valence-corrected chi connectivity index (χ4v) is 2.29. The largest absolute Gasteiger partial charge is 0.368 e. The van der Waals surface area contributed by atoms with E-state index in [0.29, 0.717) is 5.69 Å². The van der Waals surface area contributed by atoms with E-state index in [-0.39, 0.29) is 24.5 Å². The van der Waals surface area contributed by atoms with Gasteiger partial charge in [0.15, 0.2) is 0 Å². The van der Waals surface area contributed by atoms with Gasteiger partial charge in [0, 0.05) is 22.8 Å². The first-order valence-corrected chi connectivity index (χ1v) is 7.00. The molecule has 0 saturated carbocycles. The lowest BCUT2D eigenvalue weighted by Gasteiger charge is -2.26. The lowest BCUT2D eigenvalue weighted by molar-refractivity contribution is -0.119. The summed E-state index contributed by atoms with van der Waals surface area (Å²) in [6.07, 6.45) is 1.86. The van der Waals surface area contributed by atoms with E-state index >= 15 is 0 Å². The van der Waals surface area contributed by atoms with Gasteiger partial charge in [-0.15, -0.1) is 0 Å². The molecule has 1 rings (SSSR count). The number of amides is 2. The van der Waals surface area contributed by atoms with Crippen LogP contribution in [0.5, 0.6) is 0 Å². The molecule has 1 heterocycles. The van der Waals surface area contributed by atoms with Crippen molar-refractivity contribution in [3.63, 3.8) is 0 Å². The van der Waals surface area contributed by atoms with Gasteiger partial charge in [-0.1, -0.05) is 0 Å². The maximum atomic E-state index is 12.5. The Morgan fingerprint density at radius 2 is 1.95 bits per heavy atom. The fraction of sp³-hybridized carbons (Fsp3) is 0.538. The number of primary amides is 1. The van der Waals surface area contributed by atoms with Crippen LogP contribution in [0.1, 0.15) is 44.2 Å². The Kier molecular flexibility index (Phi) is 5.17. The summed E-state index contributed by atoms with van der Waals surface area (Å²) in [5.41, 5.74) is 5.75. The predicted molar refractivity (Wildman–Crippen MR) is 77.9 cm³/mol. The molecule has 1 aromatic rings. The van der Waals surface area contributed by atoms with Crippen LogP contribution < -0.4 is 5.73 Å². The van der Waals surface area contributed by atoms with Gasteiger partial charge in [0.05, 0.1) is 6.54 Å². The van der Waals surface area contributed by atoms with E-state index in [1.807, 2.05) is 38.5 Å². The van der Waals surface area contributed by atoms with Gasteiger partial charge >= 0.3 is 0 Å². The molecule has 0 fully saturated rings. The standard InChI is InChI=1S/C13H20BrN3O2/c1-8(2)16-6-10(14)5-11(16)13(19)17(9(3)4)7-12(15)18/h5-6,8-9H,7H2,1-4H3,(H2,15,18). The zero-order chi connectivity index (χ0) is 14.7. The third kappa shape index (κ3) is 3.83. The van der Waals surface area contributed by atoms with Crippen LogP contribution in [-0.2, 0) is 4.79 Å². The van der Waals surface area contributed by atoms with Gasteiger partial charge in [0.1, 0.15) is 5.69 Å². The van der Waals surface area contributed by atoms with E-state index in [1.54, 1.807) is 6.07 Å². The molecular formula is C13H20BrN3O2. The number of rotatable bonds is 5. The van der Waals surface area contributed by atoms with E-state index < -0.39 is 5.91 Å². The minimum atomic E-state index is -0.510. The van der Waals surface area contributed by atoms with Gasteiger partial charge in [0.2, 0.25) is 5.91 Å². The molecule has 0 spiro atoms. The molecule has 0 radical (unpaired) electrons. The second-order valence-corrected chi connectivity index (χ2v) is 5.95. The van der Waals surface area contributed by atoms with E-state index in [1.165, 1.54) is 4.90 Å². The molecule has 6 heteroatoms. The first-order chi connectivity index (χ1) is 8.73. The van der Waals surface area contributed by atoms with Gasteiger partial charge in [-0.25, -0.2) is 0 Å². The smallest absolute Gasteiger partial charge is 0.271 e. The van der Waals surface area contributed by atoms with Crippen LogP contribution in [0.3, 0.4) is 0 Å². The molecule has 19 heavy (non-hydrogen) atoms. The van der Waals surface area contributed by atoms with Crippen LogP contribution in [0.15, 0.2) is 16.7 Å². The highest BCUT2D eigenvalue weighted by Crippen LogP contribution is 2.21. The first kappa shape index (κ1) is 15.8. The first-order valence-electron chi connectivity index (χ1n) is 6.20. The van der Waals surface area contributed by atoms with Crippen LogP contribution in [0.25, 0.3) is 0 Å². The minimum Gasteiger partial charge on any atom is -0.368 e. The van der Waals surface area contributed by atoms with Crippen molar-refractivity contribution in [1.82, 2.24) is 9.47 Å². The molecular weight excluding hydrogens is 310 g/mol. The number of aromatic nitrogens is 1. The number of carbonyl (C=O) groups is 2. The van der Waals surface area contributed by atoms with Crippen molar-refractivity contribution < 1.29 is 9.59 Å². The summed E-state index contributed by atoms with van der Waals surface area (Å²) in [5, 5.41) is 0. The molecule has 0 bridgehead atoms. The SMILES string of the molecule is CC(C)N(CC(N)=O)C(=O)c1cc(Br)cn1C(C)C. The Hall–Kier alpha value is -1.30. The Morgan fingerprint density at radius 3 is 2.37 bits per heavy atom. The highest BCUT2D eigenvalue weighted by Gasteiger charge is 2.24. The molecule has 0 aliphatic rings. The Balaban J connectivity index is 3.12. The normalized spacial score (nSPS) is 11.1. The number of halogens is 1. The molecule has 2 N–H and O–H groups in total. The van der Waals surface area contributed by atoms with Crippen molar-refractivity contribution in [2.24, 2.45) is 5.73 Å². The third-order valence-electron chi connectivity index (χ3n) is 2.80. The second kappa shape index (κ2) is 6.23. The van der Waals surface area contributed by atoms with E-state index in [0.717, 1.165) is 4.47 Å². The van der Waals surface area contributed by atoms with Crippen LogP contribution in [0, 0.1) is 0 Å². The Morgan fingerprint density at radius 1 is 1.37 bits per heavy atom. The second-order valence-electron chi connectivity index (χ2n) is 5.04. The highest BCUT2D eigenvalue weighted by molar-refractivity contribution is 9.10. The molecule has 0 unspecified atom stereocenters. The van der Waals surface area contributed by atoms with E-state index in [2.05, 4.69) is 15.9 Å². The number of hydrogen-bond donors (Lipinski definition) is 1. The van der Waals surface area contributed by atoms with E-state index in [4.69, 9.17) is 5.73 Å². The summed E-state index contributed by atoms with van der Waals surface area (Å²) >= 11 is 3.37. The summed E-state index contributed by atoms with van der Waals surface area (Å²) in [7, 11) is 0. The van der Waals surface area contributed by atoms with Crippen LogP contribution in [0.2, 0.25) is 0 Å². The summed E-state index contributed by atoms with van der Waals surface area (Å²) < 4.78 is 2.72. The lowest BCUT2D eigenvalue weighted by atomic mass is 10.2. The van der Waals surface area contributed by atoms with Crippen molar-refractivity contribution in [2.75, 3.05) is 6.54 Å². The molecule has 0 aliphatic heterocycles. The molecule has 2 amide bonds. The van der Waals surface area contributed by atoms with Crippen LogP contribution in [-0.4, -0.2) is 33.9 Å². The van der Waals surface area contributed by atoms with Gasteiger partial charge < -0.3 is 15.2 Å². The van der Waals surface area contributed by atoms with Gasteiger partial charge in [0.25, 0.3) is 5.91 Å². The van der Waals surface area contributed by atoms with Crippen molar-refractivity contribution >= 4 is 27.7 Å². The monoisotopic (exact) mass is 329 g/mol. The molecule has 0 saturated heterocycles. The quantitative estimate of drug-likeness (QED) is 0.899. The predicted octanol–water partition coefficient (Wildman–Crippen LogP) is 2.17. The average Bonchev–Trinajstić information content (AvgIpc) is 2.67. The van der Waals surface area contributed by atoms with Gasteiger partial charge in [-0.05, 0) is 49.7 Å². The Labute approximate surface area is 121 Å². The summed E-state index contributed by atoms with van der Waals surface area (Å²) in [5.74, 6) is -0.697.